The maximum Gasteiger partial charge on any atom is 0.150 e. The number of aryl methyl sites for hydroxylation is 1. The van der Waals surface area contributed by atoms with Crippen LogP contribution in [0.25, 0.3) is 10.2 Å². The number of hydrogen-bond acceptors (Lipinski definition) is 5. The standard InChI is InChI=1S/C14H20N4S/c1-10-7-19-12-11(10)16-9-17-13(12)18-5-3-14(2,8-15)4-6-18/h7,9H,3-6,8,15H2,1-2H3. The third kappa shape index (κ3) is 2.21. The Hall–Kier alpha value is -1.20. The highest BCUT2D eigenvalue weighted by atomic mass is 32.1. The van der Waals surface area contributed by atoms with Gasteiger partial charge in [0.2, 0.25) is 0 Å². The second-order valence-electron chi connectivity index (χ2n) is 5.80. The molecule has 1 aliphatic rings. The van der Waals surface area contributed by atoms with Crippen LogP contribution in [0.2, 0.25) is 0 Å². The first-order valence-electron chi connectivity index (χ1n) is 6.77. The third-order valence-corrected chi connectivity index (χ3v) is 5.36. The van der Waals surface area contributed by atoms with E-state index in [4.69, 9.17) is 5.73 Å². The van der Waals surface area contributed by atoms with Crippen molar-refractivity contribution in [2.24, 2.45) is 11.1 Å². The van der Waals surface area contributed by atoms with Gasteiger partial charge in [-0.2, -0.15) is 0 Å². The van der Waals surface area contributed by atoms with Crippen LogP contribution in [0.5, 0.6) is 0 Å². The zero-order valence-electron chi connectivity index (χ0n) is 11.5. The average Bonchev–Trinajstić information content (AvgIpc) is 2.82. The van der Waals surface area contributed by atoms with Gasteiger partial charge in [-0.05, 0) is 42.7 Å². The molecule has 2 aromatic rings. The fraction of sp³-hybridized carbons (Fsp3) is 0.571. The molecule has 0 radical (unpaired) electrons. The Balaban J connectivity index is 1.90. The Labute approximate surface area is 117 Å². The van der Waals surface area contributed by atoms with Crippen LogP contribution >= 0.6 is 11.3 Å². The smallest absolute Gasteiger partial charge is 0.150 e. The monoisotopic (exact) mass is 276 g/mol. The molecule has 0 spiro atoms. The topological polar surface area (TPSA) is 55.0 Å². The lowest BCUT2D eigenvalue weighted by molar-refractivity contribution is 0.258. The lowest BCUT2D eigenvalue weighted by Crippen LogP contribution is -2.42. The molecule has 102 valence electrons. The number of fused-ring (bicyclic) bond motifs is 1. The molecule has 4 nitrogen and oxygen atoms in total. The Kier molecular flexibility index (Phi) is 3.19. The van der Waals surface area contributed by atoms with Crippen molar-refractivity contribution in [1.29, 1.82) is 0 Å². The zero-order valence-corrected chi connectivity index (χ0v) is 12.3. The van der Waals surface area contributed by atoms with E-state index in [9.17, 15) is 0 Å². The number of hydrogen-bond donors (Lipinski definition) is 1. The lowest BCUT2D eigenvalue weighted by Gasteiger charge is -2.39. The molecule has 2 aromatic heterocycles. The fourth-order valence-corrected chi connectivity index (χ4v) is 3.66. The number of piperidine rings is 1. The molecule has 0 saturated carbocycles. The van der Waals surface area contributed by atoms with Crippen molar-refractivity contribution in [3.05, 3.63) is 17.3 Å². The van der Waals surface area contributed by atoms with Crippen molar-refractivity contribution in [1.82, 2.24) is 9.97 Å². The first-order chi connectivity index (χ1) is 9.13. The van der Waals surface area contributed by atoms with E-state index < -0.39 is 0 Å². The van der Waals surface area contributed by atoms with Crippen molar-refractivity contribution in [3.63, 3.8) is 0 Å². The van der Waals surface area contributed by atoms with Crippen molar-refractivity contribution in [2.45, 2.75) is 26.7 Å². The van der Waals surface area contributed by atoms with E-state index in [1.165, 1.54) is 10.3 Å². The van der Waals surface area contributed by atoms with Crippen molar-refractivity contribution < 1.29 is 0 Å². The Morgan fingerprint density at radius 2 is 2.11 bits per heavy atom. The van der Waals surface area contributed by atoms with E-state index in [1.54, 1.807) is 17.7 Å². The first kappa shape index (κ1) is 12.8. The molecule has 1 saturated heterocycles. The van der Waals surface area contributed by atoms with E-state index in [2.05, 4.69) is 34.1 Å². The zero-order chi connectivity index (χ0) is 13.5. The van der Waals surface area contributed by atoms with Crippen LogP contribution in [0.4, 0.5) is 5.82 Å². The summed E-state index contributed by atoms with van der Waals surface area (Å²) in [6.07, 6.45) is 3.97. The summed E-state index contributed by atoms with van der Waals surface area (Å²) in [5, 5.41) is 2.16. The van der Waals surface area contributed by atoms with Crippen LogP contribution < -0.4 is 10.6 Å². The molecule has 0 amide bonds. The van der Waals surface area contributed by atoms with Crippen LogP contribution in [-0.2, 0) is 0 Å². The van der Waals surface area contributed by atoms with Crippen LogP contribution in [0.15, 0.2) is 11.7 Å². The van der Waals surface area contributed by atoms with Gasteiger partial charge in [0, 0.05) is 13.1 Å². The van der Waals surface area contributed by atoms with E-state index in [-0.39, 0.29) is 0 Å². The molecule has 1 fully saturated rings. The van der Waals surface area contributed by atoms with Crippen LogP contribution in [-0.4, -0.2) is 29.6 Å². The molecule has 0 aliphatic carbocycles. The van der Waals surface area contributed by atoms with E-state index >= 15 is 0 Å². The predicted octanol–water partition coefficient (Wildman–Crippen LogP) is 2.56. The minimum atomic E-state index is 0.300. The van der Waals surface area contributed by atoms with Gasteiger partial charge in [-0.3, -0.25) is 0 Å². The van der Waals surface area contributed by atoms with Crippen LogP contribution in [0.1, 0.15) is 25.3 Å². The summed E-state index contributed by atoms with van der Waals surface area (Å²) in [5.74, 6) is 1.10. The minimum Gasteiger partial charge on any atom is -0.355 e. The molecule has 5 heteroatoms. The highest BCUT2D eigenvalue weighted by Gasteiger charge is 2.30. The lowest BCUT2D eigenvalue weighted by atomic mass is 9.80. The molecule has 0 unspecified atom stereocenters. The van der Waals surface area contributed by atoms with Crippen LogP contribution in [0.3, 0.4) is 0 Å². The van der Waals surface area contributed by atoms with Gasteiger partial charge in [0.05, 0.1) is 10.2 Å². The number of aromatic nitrogens is 2. The number of anilines is 1. The van der Waals surface area contributed by atoms with Gasteiger partial charge < -0.3 is 10.6 Å². The molecule has 3 heterocycles. The van der Waals surface area contributed by atoms with Gasteiger partial charge in [-0.1, -0.05) is 6.92 Å². The Morgan fingerprint density at radius 1 is 1.37 bits per heavy atom. The summed E-state index contributed by atoms with van der Waals surface area (Å²) >= 11 is 1.75. The highest BCUT2D eigenvalue weighted by Crippen LogP contribution is 2.35. The van der Waals surface area contributed by atoms with Crippen molar-refractivity contribution in [3.8, 4) is 0 Å². The SMILES string of the molecule is Cc1csc2c(N3CCC(C)(CN)CC3)ncnc12. The van der Waals surface area contributed by atoms with Crippen molar-refractivity contribution >= 4 is 27.4 Å². The number of rotatable bonds is 2. The predicted molar refractivity (Wildman–Crippen MR) is 80.8 cm³/mol. The van der Waals surface area contributed by atoms with Gasteiger partial charge in [0.15, 0.2) is 0 Å². The summed E-state index contributed by atoms with van der Waals surface area (Å²) in [4.78, 5) is 11.3. The van der Waals surface area contributed by atoms with Crippen LogP contribution in [0, 0.1) is 12.3 Å². The highest BCUT2D eigenvalue weighted by molar-refractivity contribution is 7.18. The van der Waals surface area contributed by atoms with E-state index in [1.807, 2.05) is 0 Å². The molecule has 3 rings (SSSR count). The quantitative estimate of drug-likeness (QED) is 0.916. The van der Waals surface area contributed by atoms with Gasteiger partial charge >= 0.3 is 0 Å². The normalized spacial score (nSPS) is 19.0. The fourth-order valence-electron chi connectivity index (χ4n) is 2.64. The number of nitrogens with two attached hydrogens (primary N) is 1. The molecule has 19 heavy (non-hydrogen) atoms. The summed E-state index contributed by atoms with van der Waals surface area (Å²) < 4.78 is 1.22. The van der Waals surface area contributed by atoms with E-state index in [0.29, 0.717) is 5.41 Å². The van der Waals surface area contributed by atoms with Crippen molar-refractivity contribution in [2.75, 3.05) is 24.5 Å². The average molecular weight is 276 g/mol. The summed E-state index contributed by atoms with van der Waals surface area (Å²) in [7, 11) is 0. The van der Waals surface area contributed by atoms with Gasteiger partial charge in [0.25, 0.3) is 0 Å². The molecule has 0 atom stereocenters. The summed E-state index contributed by atoms with van der Waals surface area (Å²) in [6, 6.07) is 0. The number of thiophene rings is 1. The second kappa shape index (κ2) is 4.72. The maximum atomic E-state index is 5.87. The summed E-state index contributed by atoms with van der Waals surface area (Å²) in [5.41, 5.74) is 8.52. The molecule has 2 N–H and O–H groups in total. The second-order valence-corrected chi connectivity index (χ2v) is 6.68. The number of nitrogens with zero attached hydrogens (tertiary/aromatic N) is 3. The third-order valence-electron chi connectivity index (χ3n) is 4.27. The van der Waals surface area contributed by atoms with E-state index in [0.717, 1.165) is 43.8 Å². The summed E-state index contributed by atoms with van der Waals surface area (Å²) in [6.45, 7) is 7.25. The molecular formula is C14H20N4S. The van der Waals surface area contributed by atoms with Gasteiger partial charge in [-0.25, -0.2) is 9.97 Å². The minimum absolute atomic E-state index is 0.300. The Morgan fingerprint density at radius 3 is 2.79 bits per heavy atom. The largest absolute Gasteiger partial charge is 0.355 e. The molecule has 0 bridgehead atoms. The molecule has 0 aromatic carbocycles. The molecule has 1 aliphatic heterocycles. The Bertz CT molecular complexity index is 584. The maximum absolute atomic E-state index is 5.87. The molecular weight excluding hydrogens is 256 g/mol. The van der Waals surface area contributed by atoms with Gasteiger partial charge in [-0.15, -0.1) is 11.3 Å². The van der Waals surface area contributed by atoms with Gasteiger partial charge in [0.1, 0.15) is 12.1 Å². The first-order valence-corrected chi connectivity index (χ1v) is 7.65.